The van der Waals surface area contributed by atoms with Gasteiger partial charge in [-0.25, -0.2) is 9.78 Å². The number of nitrogens with one attached hydrogen (secondary N) is 3. The van der Waals surface area contributed by atoms with E-state index in [4.69, 9.17) is 14.5 Å². The lowest BCUT2D eigenvalue weighted by molar-refractivity contribution is -0.691. The van der Waals surface area contributed by atoms with Crippen LogP contribution in [0.5, 0.6) is 11.5 Å². The molecule has 0 saturated heterocycles. The van der Waals surface area contributed by atoms with Crippen LogP contribution in [-0.4, -0.2) is 46.3 Å². The first-order chi connectivity index (χ1) is 22.8. The molecule has 0 atom stereocenters. The van der Waals surface area contributed by atoms with Crippen molar-refractivity contribution in [1.82, 2.24) is 14.5 Å². The van der Waals surface area contributed by atoms with Crippen LogP contribution < -0.4 is 35.7 Å². The smallest absolute Gasteiger partial charge is 0.448 e. The molecule has 0 bridgehead atoms. The number of aryl methyl sites for hydroxylation is 2. The number of thiol groups is 1. The van der Waals surface area contributed by atoms with Gasteiger partial charge in [-0.2, -0.15) is 21.8 Å². The molecule has 2 amide bonds. The van der Waals surface area contributed by atoms with Gasteiger partial charge in [-0.3, -0.25) is 9.59 Å². The number of benzene rings is 3. The molecule has 0 aliphatic carbocycles. The largest absolute Gasteiger partial charge is 0.496 e. The number of carbonyl (C=O) groups excluding carboxylic acids is 2. The van der Waals surface area contributed by atoms with E-state index >= 15 is 0 Å². The fraction of sp³-hybridized carbons (Fsp3) is 0.176. The van der Waals surface area contributed by atoms with Crippen LogP contribution in [-0.2, 0) is 22.6 Å². The number of anilines is 4. The van der Waals surface area contributed by atoms with E-state index in [1.807, 2.05) is 24.3 Å². The van der Waals surface area contributed by atoms with Gasteiger partial charge in [-0.15, -0.1) is 0 Å². The molecule has 5 aromatic rings. The van der Waals surface area contributed by atoms with Crippen molar-refractivity contribution in [3.05, 3.63) is 108 Å². The Labute approximate surface area is 276 Å². The summed E-state index contributed by atoms with van der Waals surface area (Å²) in [5, 5.41) is 9.40. The van der Waals surface area contributed by atoms with E-state index in [1.54, 1.807) is 73.6 Å². The summed E-state index contributed by atoms with van der Waals surface area (Å²) >= 11 is 4.14. The molecule has 0 radical (unpaired) electrons. The number of methoxy groups -OCH3 is 2. The molecule has 13 heteroatoms. The Morgan fingerprint density at radius 2 is 1.70 bits per heavy atom. The molecule has 0 saturated carbocycles. The number of aromatic nitrogens is 4. The fourth-order valence-corrected chi connectivity index (χ4v) is 5.01. The van der Waals surface area contributed by atoms with Crippen molar-refractivity contribution in [3.63, 3.8) is 0 Å². The third kappa shape index (κ3) is 7.94. The predicted octanol–water partition coefficient (Wildman–Crippen LogP) is 4.45. The molecule has 2 heterocycles. The molecule has 0 spiro atoms. The van der Waals surface area contributed by atoms with E-state index in [0.29, 0.717) is 57.5 Å². The van der Waals surface area contributed by atoms with Gasteiger partial charge in [0, 0.05) is 42.9 Å². The Morgan fingerprint density at radius 1 is 1.00 bits per heavy atom. The molecule has 240 valence electrons. The van der Waals surface area contributed by atoms with Gasteiger partial charge in [0.05, 0.1) is 38.3 Å². The predicted molar refractivity (Wildman–Crippen MR) is 184 cm³/mol. The van der Waals surface area contributed by atoms with Crippen molar-refractivity contribution in [1.29, 1.82) is 0 Å². The molecular formula is C34H34N7O5S+. The maximum Gasteiger partial charge on any atom is 0.448 e. The van der Waals surface area contributed by atoms with Gasteiger partial charge in [0.1, 0.15) is 22.6 Å². The van der Waals surface area contributed by atoms with Crippen molar-refractivity contribution in [2.45, 2.75) is 19.4 Å². The molecule has 12 nitrogen and oxygen atoms in total. The van der Waals surface area contributed by atoms with E-state index in [-0.39, 0.29) is 36.4 Å². The van der Waals surface area contributed by atoms with Crippen LogP contribution >= 0.6 is 12.6 Å². The normalized spacial score (nSPS) is 10.7. The maximum atomic E-state index is 14.2. The minimum atomic E-state index is -0.341. The molecule has 0 unspecified atom stereocenters. The van der Waals surface area contributed by atoms with Crippen LogP contribution in [0.4, 0.5) is 23.0 Å². The zero-order chi connectivity index (χ0) is 33.3. The molecule has 2 aromatic heterocycles. The van der Waals surface area contributed by atoms with Gasteiger partial charge in [0.25, 0.3) is 5.65 Å². The summed E-state index contributed by atoms with van der Waals surface area (Å²) in [6.45, 7) is 3.76. The first kappa shape index (κ1) is 32.7. The molecule has 0 aliphatic rings. The van der Waals surface area contributed by atoms with E-state index in [0.717, 1.165) is 5.56 Å². The number of hydrogen-bond donors (Lipinski definition) is 4. The van der Waals surface area contributed by atoms with E-state index in [2.05, 4.69) is 40.1 Å². The Balaban J connectivity index is 1.55. The highest BCUT2D eigenvalue weighted by atomic mass is 32.1. The quantitative estimate of drug-likeness (QED) is 0.0831. The van der Waals surface area contributed by atoms with Crippen LogP contribution in [0.1, 0.15) is 12.0 Å². The first-order valence-corrected chi connectivity index (χ1v) is 15.3. The highest BCUT2D eigenvalue weighted by Crippen LogP contribution is 2.26. The number of ether oxygens (including phenoxy) is 2. The van der Waals surface area contributed by atoms with Crippen molar-refractivity contribution in [2.75, 3.05) is 35.9 Å². The third-order valence-corrected chi connectivity index (χ3v) is 7.41. The SMILES string of the molecule is C=CC(=O)Nc1ccc(CC[n+]2c(=O)n(-c3cc(OC)cc(OC)c3)cc3cnc(Nc4ccccc4NC(=O)CCS)nc32)cc1. The number of fused-ring (bicyclic) bond motifs is 1. The summed E-state index contributed by atoms with van der Waals surface area (Å²) in [7, 11) is 3.09. The van der Waals surface area contributed by atoms with Crippen molar-refractivity contribution < 1.29 is 23.6 Å². The molecule has 47 heavy (non-hydrogen) atoms. The average molecular weight is 653 g/mol. The van der Waals surface area contributed by atoms with Crippen LogP contribution in [0.3, 0.4) is 0 Å². The van der Waals surface area contributed by atoms with Gasteiger partial charge >= 0.3 is 11.6 Å². The van der Waals surface area contributed by atoms with Crippen LogP contribution in [0.25, 0.3) is 16.7 Å². The number of para-hydroxylation sites is 2. The number of rotatable bonds is 13. The Bertz CT molecular complexity index is 1970. The van der Waals surface area contributed by atoms with Crippen molar-refractivity contribution in [3.8, 4) is 17.2 Å². The minimum absolute atomic E-state index is 0.169. The second-order valence-electron chi connectivity index (χ2n) is 10.3. The second-order valence-corrected chi connectivity index (χ2v) is 10.8. The van der Waals surface area contributed by atoms with Gasteiger partial charge in [0.15, 0.2) is 0 Å². The average Bonchev–Trinajstić information content (AvgIpc) is 3.09. The van der Waals surface area contributed by atoms with Gasteiger partial charge in [0.2, 0.25) is 11.8 Å². The first-order valence-electron chi connectivity index (χ1n) is 14.7. The maximum absolute atomic E-state index is 14.2. The third-order valence-electron chi connectivity index (χ3n) is 7.19. The number of hydrogen-bond acceptors (Lipinski definition) is 9. The summed E-state index contributed by atoms with van der Waals surface area (Å²) in [6.07, 6.45) is 5.27. The number of amides is 2. The molecule has 0 aliphatic heterocycles. The molecule has 3 aromatic carbocycles. The van der Waals surface area contributed by atoms with Crippen molar-refractivity contribution in [2.24, 2.45) is 0 Å². The van der Waals surface area contributed by atoms with Crippen LogP contribution in [0.15, 0.2) is 96.6 Å². The molecule has 3 N–H and O–H groups in total. The summed E-state index contributed by atoms with van der Waals surface area (Å²) < 4.78 is 14.0. The highest BCUT2D eigenvalue weighted by Gasteiger charge is 2.21. The minimum Gasteiger partial charge on any atom is -0.496 e. The van der Waals surface area contributed by atoms with Crippen molar-refractivity contribution >= 4 is 58.5 Å². The molecular weight excluding hydrogens is 618 g/mol. The van der Waals surface area contributed by atoms with Crippen LogP contribution in [0.2, 0.25) is 0 Å². The summed E-state index contributed by atoms with van der Waals surface area (Å²) in [5.74, 6) is 1.24. The Hall–Kier alpha value is -5.69. The summed E-state index contributed by atoms with van der Waals surface area (Å²) in [4.78, 5) is 47.4. The lowest BCUT2D eigenvalue weighted by Crippen LogP contribution is -2.55. The highest BCUT2D eigenvalue weighted by molar-refractivity contribution is 7.80. The number of nitrogens with zero attached hydrogens (tertiary/aromatic N) is 4. The van der Waals surface area contributed by atoms with Gasteiger partial charge < -0.3 is 25.4 Å². The van der Waals surface area contributed by atoms with Gasteiger partial charge in [-0.05, 0) is 41.7 Å². The Kier molecular flexibility index (Phi) is 10.5. The summed E-state index contributed by atoms with van der Waals surface area (Å²) in [6, 6.07) is 19.8. The second kappa shape index (κ2) is 15.1. The van der Waals surface area contributed by atoms with E-state index in [9.17, 15) is 14.4 Å². The molecule has 0 fully saturated rings. The summed E-state index contributed by atoms with van der Waals surface area (Å²) in [5.41, 5.74) is 3.33. The van der Waals surface area contributed by atoms with E-state index < -0.39 is 0 Å². The standard InChI is InChI=1S/C34H33N7O5S/c1-4-30(42)36-24-11-9-22(10-12-24)13-15-40-32-23(21-41(34(40)44)25-17-26(45-2)19-27(18-25)46-3)20-35-33(39-32)38-29-8-6-5-7-28(29)37-31(43)14-16-47/h4-12,17-21H,1,13-16H2,2-3H3,(H3,36,37,42,43,47)/p+1. The topological polar surface area (TPSA) is 140 Å². The van der Waals surface area contributed by atoms with E-state index in [1.165, 1.54) is 10.6 Å². The lowest BCUT2D eigenvalue weighted by atomic mass is 10.1. The lowest BCUT2D eigenvalue weighted by Gasteiger charge is -2.12. The Morgan fingerprint density at radius 3 is 2.36 bits per heavy atom. The zero-order valence-corrected chi connectivity index (χ0v) is 26.8. The fourth-order valence-electron chi connectivity index (χ4n) is 4.81. The number of carbonyl (C=O) groups is 2. The monoisotopic (exact) mass is 652 g/mol. The van der Waals surface area contributed by atoms with Crippen LogP contribution in [0, 0.1) is 0 Å². The zero-order valence-electron chi connectivity index (χ0n) is 25.9. The van der Waals surface area contributed by atoms with Gasteiger partial charge in [-0.1, -0.05) is 35.8 Å². The molecule has 5 rings (SSSR count).